The number of hydrogen-bond donors (Lipinski definition) is 0. The van der Waals surface area contributed by atoms with Crippen LogP contribution in [0, 0.1) is 5.92 Å². The van der Waals surface area contributed by atoms with E-state index in [0.29, 0.717) is 5.92 Å². The Balaban J connectivity index is 1.92. The number of carbonyl (C=O) groups excluding carboxylic acids is 1. The van der Waals surface area contributed by atoms with E-state index in [1.165, 1.54) is 5.56 Å². The zero-order valence-electron chi connectivity index (χ0n) is 9.90. The molecule has 1 saturated carbocycles. The molecule has 0 heterocycles. The van der Waals surface area contributed by atoms with Crippen molar-refractivity contribution in [2.45, 2.75) is 32.6 Å². The van der Waals surface area contributed by atoms with Crippen LogP contribution in [-0.2, 0) is 4.79 Å². The van der Waals surface area contributed by atoms with Crippen LogP contribution >= 0.6 is 0 Å². The van der Waals surface area contributed by atoms with Crippen LogP contribution < -0.4 is 4.74 Å². The summed E-state index contributed by atoms with van der Waals surface area (Å²) in [6.45, 7) is 4.52. The predicted molar refractivity (Wildman–Crippen MR) is 63.8 cm³/mol. The monoisotopic (exact) mass is 218 g/mol. The van der Waals surface area contributed by atoms with Gasteiger partial charge in [-0.25, -0.2) is 0 Å². The Bertz CT molecular complexity index is 378. The summed E-state index contributed by atoms with van der Waals surface area (Å²) >= 11 is 0. The van der Waals surface area contributed by atoms with E-state index in [4.69, 9.17) is 4.74 Å². The van der Waals surface area contributed by atoms with Crippen molar-refractivity contribution in [2.75, 3.05) is 6.61 Å². The van der Waals surface area contributed by atoms with Crippen molar-refractivity contribution in [1.82, 2.24) is 0 Å². The minimum absolute atomic E-state index is 0.228. The van der Waals surface area contributed by atoms with Crippen LogP contribution in [0.25, 0.3) is 0 Å². The molecule has 1 aliphatic carbocycles. The Kier molecular flexibility index (Phi) is 3.28. The molecular weight excluding hydrogens is 200 g/mol. The maximum atomic E-state index is 11.5. The molecule has 1 aromatic rings. The Morgan fingerprint density at radius 3 is 2.81 bits per heavy atom. The van der Waals surface area contributed by atoms with Crippen molar-refractivity contribution in [3.63, 3.8) is 0 Å². The Morgan fingerprint density at radius 2 is 2.19 bits per heavy atom. The summed E-state index contributed by atoms with van der Waals surface area (Å²) in [5, 5.41) is 0. The molecule has 2 heteroatoms. The molecule has 86 valence electrons. The van der Waals surface area contributed by atoms with E-state index >= 15 is 0 Å². The molecule has 0 radical (unpaired) electrons. The maximum Gasteiger partial charge on any atom is 0.173 e. The highest BCUT2D eigenvalue weighted by Crippen LogP contribution is 2.30. The number of Topliss-reactive ketones (excluding diaryl/α,β-unsaturated/α-hetero) is 1. The third-order valence-electron chi connectivity index (χ3n) is 2.94. The molecule has 0 amide bonds. The molecule has 0 bridgehead atoms. The summed E-state index contributed by atoms with van der Waals surface area (Å²) in [6.07, 6.45) is 2.10. The number of benzene rings is 1. The maximum absolute atomic E-state index is 11.5. The van der Waals surface area contributed by atoms with Crippen molar-refractivity contribution < 1.29 is 9.53 Å². The first-order valence-electron chi connectivity index (χ1n) is 5.92. The van der Waals surface area contributed by atoms with Gasteiger partial charge in [0.25, 0.3) is 0 Å². The standard InChI is InChI=1S/C14H18O2/c1-10(2)12-4-3-5-13(8-12)16-9-14(15)11-6-7-11/h3-5,8,10-11H,6-7,9H2,1-2H3. The summed E-state index contributed by atoms with van der Waals surface area (Å²) in [6, 6.07) is 7.99. The van der Waals surface area contributed by atoms with Gasteiger partial charge in [0.1, 0.15) is 12.4 Å². The van der Waals surface area contributed by atoms with Crippen LogP contribution in [0.4, 0.5) is 0 Å². The van der Waals surface area contributed by atoms with Gasteiger partial charge in [-0.15, -0.1) is 0 Å². The molecule has 2 rings (SSSR count). The fraction of sp³-hybridized carbons (Fsp3) is 0.500. The first-order chi connectivity index (χ1) is 7.66. The molecule has 0 N–H and O–H groups in total. The fourth-order valence-electron chi connectivity index (χ4n) is 1.64. The third-order valence-corrected chi connectivity index (χ3v) is 2.94. The molecule has 0 aliphatic heterocycles. The average Bonchev–Trinajstić information content (AvgIpc) is 3.10. The lowest BCUT2D eigenvalue weighted by atomic mass is 10.0. The van der Waals surface area contributed by atoms with Gasteiger partial charge in [-0.05, 0) is 36.5 Å². The number of hydrogen-bond acceptors (Lipinski definition) is 2. The molecule has 16 heavy (non-hydrogen) atoms. The minimum Gasteiger partial charge on any atom is -0.486 e. The van der Waals surface area contributed by atoms with E-state index in [-0.39, 0.29) is 18.3 Å². The Morgan fingerprint density at radius 1 is 1.44 bits per heavy atom. The number of rotatable bonds is 5. The van der Waals surface area contributed by atoms with E-state index in [1.54, 1.807) is 0 Å². The predicted octanol–water partition coefficient (Wildman–Crippen LogP) is 3.17. The SMILES string of the molecule is CC(C)c1cccc(OCC(=O)C2CC2)c1. The quantitative estimate of drug-likeness (QED) is 0.758. The van der Waals surface area contributed by atoms with Crippen molar-refractivity contribution in [1.29, 1.82) is 0 Å². The highest BCUT2D eigenvalue weighted by atomic mass is 16.5. The van der Waals surface area contributed by atoms with Crippen LogP contribution in [0.5, 0.6) is 5.75 Å². The van der Waals surface area contributed by atoms with E-state index in [9.17, 15) is 4.79 Å². The van der Waals surface area contributed by atoms with Gasteiger partial charge in [0.05, 0.1) is 0 Å². The molecule has 1 aliphatic rings. The van der Waals surface area contributed by atoms with Gasteiger partial charge < -0.3 is 4.74 Å². The summed E-state index contributed by atoms with van der Waals surface area (Å²) < 4.78 is 5.51. The molecule has 0 atom stereocenters. The first kappa shape index (κ1) is 11.2. The van der Waals surface area contributed by atoms with Gasteiger partial charge in [-0.1, -0.05) is 26.0 Å². The molecule has 0 spiro atoms. The third kappa shape index (κ3) is 2.84. The molecule has 0 unspecified atom stereocenters. The van der Waals surface area contributed by atoms with E-state index in [1.807, 2.05) is 18.2 Å². The highest BCUT2D eigenvalue weighted by Gasteiger charge is 2.29. The van der Waals surface area contributed by atoms with Crippen LogP contribution in [0.3, 0.4) is 0 Å². The zero-order valence-corrected chi connectivity index (χ0v) is 9.90. The summed E-state index contributed by atoms with van der Waals surface area (Å²) in [5.41, 5.74) is 1.25. The molecule has 1 aromatic carbocycles. The smallest absolute Gasteiger partial charge is 0.173 e. The summed E-state index contributed by atoms with van der Waals surface area (Å²) in [5.74, 6) is 1.83. The largest absolute Gasteiger partial charge is 0.486 e. The van der Waals surface area contributed by atoms with Crippen LogP contribution in [0.2, 0.25) is 0 Å². The topological polar surface area (TPSA) is 26.3 Å². The van der Waals surface area contributed by atoms with E-state index < -0.39 is 0 Å². The summed E-state index contributed by atoms with van der Waals surface area (Å²) in [7, 11) is 0. The van der Waals surface area contributed by atoms with Crippen molar-refractivity contribution in [3.8, 4) is 5.75 Å². The second kappa shape index (κ2) is 4.69. The van der Waals surface area contributed by atoms with Gasteiger partial charge in [-0.2, -0.15) is 0 Å². The lowest BCUT2D eigenvalue weighted by Crippen LogP contribution is -2.12. The van der Waals surface area contributed by atoms with Gasteiger partial charge in [-0.3, -0.25) is 4.79 Å². The van der Waals surface area contributed by atoms with Crippen LogP contribution in [0.15, 0.2) is 24.3 Å². The fourth-order valence-corrected chi connectivity index (χ4v) is 1.64. The molecule has 1 fully saturated rings. The van der Waals surface area contributed by atoms with Crippen LogP contribution in [-0.4, -0.2) is 12.4 Å². The van der Waals surface area contributed by atoms with Gasteiger partial charge in [0.2, 0.25) is 0 Å². The Hall–Kier alpha value is -1.31. The van der Waals surface area contributed by atoms with E-state index in [0.717, 1.165) is 18.6 Å². The van der Waals surface area contributed by atoms with E-state index in [2.05, 4.69) is 19.9 Å². The van der Waals surface area contributed by atoms with Gasteiger partial charge >= 0.3 is 0 Å². The molecule has 0 aromatic heterocycles. The lowest BCUT2D eigenvalue weighted by Gasteiger charge is -2.09. The molecule has 2 nitrogen and oxygen atoms in total. The number of ketones is 1. The first-order valence-corrected chi connectivity index (χ1v) is 5.92. The van der Waals surface area contributed by atoms with Crippen molar-refractivity contribution in [3.05, 3.63) is 29.8 Å². The second-order valence-electron chi connectivity index (χ2n) is 4.76. The van der Waals surface area contributed by atoms with Crippen molar-refractivity contribution in [2.24, 2.45) is 5.92 Å². The van der Waals surface area contributed by atoms with Gasteiger partial charge in [0.15, 0.2) is 5.78 Å². The zero-order chi connectivity index (χ0) is 11.5. The number of carbonyl (C=O) groups is 1. The lowest BCUT2D eigenvalue weighted by molar-refractivity contribution is -0.122. The Labute approximate surface area is 96.6 Å². The second-order valence-corrected chi connectivity index (χ2v) is 4.76. The molecular formula is C14H18O2. The number of ether oxygens (including phenoxy) is 1. The highest BCUT2D eigenvalue weighted by molar-refractivity contribution is 5.84. The average molecular weight is 218 g/mol. The van der Waals surface area contributed by atoms with Crippen LogP contribution in [0.1, 0.15) is 38.2 Å². The summed E-state index contributed by atoms with van der Waals surface area (Å²) in [4.78, 5) is 11.5. The molecule has 0 saturated heterocycles. The van der Waals surface area contributed by atoms with Gasteiger partial charge in [0, 0.05) is 5.92 Å². The minimum atomic E-state index is 0.228. The van der Waals surface area contributed by atoms with Crippen molar-refractivity contribution >= 4 is 5.78 Å². The normalized spacial score (nSPS) is 15.2.